The van der Waals surface area contributed by atoms with Gasteiger partial charge in [0, 0.05) is 0 Å². The molecule has 0 radical (unpaired) electrons. The van der Waals surface area contributed by atoms with Gasteiger partial charge in [0.15, 0.2) is 0 Å². The molecule has 0 unspecified atom stereocenters. The van der Waals surface area contributed by atoms with Crippen LogP contribution in [0, 0.1) is 0 Å². The first kappa shape index (κ1) is 35.9. The molecule has 8 rings (SSSR count). The minimum absolute atomic E-state index is 0.0210. The van der Waals surface area contributed by atoms with Crippen molar-refractivity contribution in [2.24, 2.45) is 0 Å². The molecule has 264 valence electrons. The Labute approximate surface area is 322 Å². The molecule has 0 saturated heterocycles. The SMILES string of the molecule is [CH2]=[Zr]([c]1ccccc1)([c]1cccc(Cl)c1)([CH]1C=CC=C1)[CH]1c2cc(-c3ccccc3)c(C(C)(C)C)cc2-c2cc(C(C)(C)C)c(-c3ccccc3)cc21. The predicted molar refractivity (Wildman–Crippen MR) is 228 cm³/mol. The van der Waals surface area contributed by atoms with Gasteiger partial charge in [-0.05, 0) is 0 Å². The van der Waals surface area contributed by atoms with Gasteiger partial charge >= 0.3 is 325 Å². The number of hydrogen-bond acceptors (Lipinski definition) is 0. The van der Waals surface area contributed by atoms with Gasteiger partial charge in [-0.3, -0.25) is 0 Å². The first-order chi connectivity index (χ1) is 25.3. The van der Waals surface area contributed by atoms with E-state index in [0.29, 0.717) is 0 Å². The molecule has 0 atom stereocenters. The van der Waals surface area contributed by atoms with Crippen LogP contribution in [-0.2, 0) is 29.1 Å². The van der Waals surface area contributed by atoms with Crippen molar-refractivity contribution in [1.82, 2.24) is 0 Å². The summed E-state index contributed by atoms with van der Waals surface area (Å²) < 4.78 is 8.66. The van der Waals surface area contributed by atoms with Gasteiger partial charge < -0.3 is 0 Å². The number of halogens is 1. The summed E-state index contributed by atoms with van der Waals surface area (Å²) >= 11 is 1.98. The third-order valence-corrected chi connectivity index (χ3v) is 30.2. The first-order valence-electron chi connectivity index (χ1n) is 19.0. The van der Waals surface area contributed by atoms with Crippen LogP contribution in [0.1, 0.15) is 67.4 Å². The molecular formula is C51H49ClZr. The molecule has 2 heteroatoms. The van der Waals surface area contributed by atoms with Gasteiger partial charge in [-0.1, -0.05) is 0 Å². The van der Waals surface area contributed by atoms with Gasteiger partial charge in [-0.15, -0.1) is 0 Å². The van der Waals surface area contributed by atoms with E-state index in [0.717, 1.165) is 5.02 Å². The Morgan fingerprint density at radius 1 is 0.491 bits per heavy atom. The molecule has 0 N–H and O–H groups in total. The molecule has 0 saturated carbocycles. The number of allylic oxidation sites excluding steroid dienone is 4. The maximum absolute atomic E-state index is 7.04. The normalized spacial score (nSPS) is 14.8. The summed E-state index contributed by atoms with van der Waals surface area (Å²) in [6.45, 7) is 14.1. The molecule has 6 aromatic carbocycles. The molecule has 0 spiro atoms. The van der Waals surface area contributed by atoms with Gasteiger partial charge in [0.25, 0.3) is 0 Å². The van der Waals surface area contributed by atoms with Crippen LogP contribution in [0.5, 0.6) is 0 Å². The summed E-state index contributed by atoms with van der Waals surface area (Å²) in [5.74, 6) is 0. The molecule has 2 aliphatic rings. The number of rotatable bonds is 6. The van der Waals surface area contributed by atoms with Crippen LogP contribution in [0.15, 0.2) is 164 Å². The van der Waals surface area contributed by atoms with Crippen LogP contribution in [0.4, 0.5) is 0 Å². The fourth-order valence-corrected chi connectivity index (χ4v) is 27.6. The summed E-state index contributed by atoms with van der Waals surface area (Å²) in [6.07, 6.45) is 9.35. The molecular weight excluding hydrogens is 739 g/mol. The van der Waals surface area contributed by atoms with Crippen LogP contribution in [-0.4, -0.2) is 4.21 Å². The van der Waals surface area contributed by atoms with Crippen LogP contribution in [0.3, 0.4) is 0 Å². The second kappa shape index (κ2) is 13.0. The minimum atomic E-state index is -5.06. The Morgan fingerprint density at radius 3 is 1.36 bits per heavy atom. The van der Waals surface area contributed by atoms with Gasteiger partial charge in [0.2, 0.25) is 0 Å². The van der Waals surface area contributed by atoms with Gasteiger partial charge in [-0.2, -0.15) is 0 Å². The first-order valence-corrected chi connectivity index (χ1v) is 26.4. The average molecular weight is 789 g/mol. The van der Waals surface area contributed by atoms with E-state index in [9.17, 15) is 0 Å². The van der Waals surface area contributed by atoms with E-state index in [2.05, 4.69) is 199 Å². The van der Waals surface area contributed by atoms with Crippen LogP contribution >= 0.6 is 11.6 Å². The fraction of sp³-hybridized carbons (Fsp3) is 0.196. The molecule has 0 aromatic heterocycles. The van der Waals surface area contributed by atoms with E-state index >= 15 is 0 Å². The van der Waals surface area contributed by atoms with Crippen molar-refractivity contribution in [3.05, 3.63) is 191 Å². The fourth-order valence-electron chi connectivity index (χ4n) is 9.65. The van der Waals surface area contributed by atoms with E-state index < -0.39 is 18.3 Å². The Hall–Kier alpha value is -4.16. The summed E-state index contributed by atoms with van der Waals surface area (Å²) in [5, 5.41) is 0.757. The second-order valence-electron chi connectivity index (χ2n) is 17.4. The van der Waals surface area contributed by atoms with Gasteiger partial charge in [0.05, 0.1) is 0 Å². The third kappa shape index (κ3) is 5.70. The van der Waals surface area contributed by atoms with Crippen LogP contribution < -0.4 is 6.54 Å². The quantitative estimate of drug-likeness (QED) is 0.158. The third-order valence-electron chi connectivity index (χ3n) is 12.2. The van der Waals surface area contributed by atoms with Crippen molar-refractivity contribution in [3.8, 4) is 33.4 Å². The van der Waals surface area contributed by atoms with Gasteiger partial charge in [0.1, 0.15) is 0 Å². The van der Waals surface area contributed by atoms with E-state index in [4.69, 9.17) is 15.8 Å². The molecule has 0 amide bonds. The van der Waals surface area contributed by atoms with Crippen molar-refractivity contribution in [3.63, 3.8) is 0 Å². The zero-order valence-corrected chi connectivity index (χ0v) is 35.0. The molecule has 53 heavy (non-hydrogen) atoms. The van der Waals surface area contributed by atoms with Crippen molar-refractivity contribution in [2.45, 2.75) is 59.6 Å². The van der Waals surface area contributed by atoms with Crippen molar-refractivity contribution < 1.29 is 18.3 Å². The van der Waals surface area contributed by atoms with E-state index in [1.54, 1.807) is 0 Å². The topological polar surface area (TPSA) is 0 Å². The van der Waals surface area contributed by atoms with Crippen LogP contribution in [0.2, 0.25) is 8.65 Å². The summed E-state index contributed by atoms with van der Waals surface area (Å²) in [4.78, 5) is 0. The Bertz CT molecular complexity index is 2350. The Morgan fingerprint density at radius 2 is 0.925 bits per heavy atom. The molecule has 6 aromatic rings. The van der Waals surface area contributed by atoms with E-state index in [1.165, 1.54) is 62.2 Å². The van der Waals surface area contributed by atoms with Crippen molar-refractivity contribution in [2.75, 3.05) is 0 Å². The second-order valence-corrected chi connectivity index (χ2v) is 31.8. The zero-order chi connectivity index (χ0) is 37.2. The summed E-state index contributed by atoms with van der Waals surface area (Å²) in [5.41, 5.74) is 13.1. The standard InChI is InChI=1S/C33H33.C6H4Cl.C6H5.C5H5.CH2.Zr/c1-32(2,3)30-20-26-24(18-28(30)22-13-9-7-10-14-22)17-25-19-29(23-15-11-8-12-16-23)31(21-27(25)26)33(4,5)6;7-6-4-2-1-3-5-6;1-2-4-6-5-3-1;1-2-4-5-3-1;;/h7-21H,1-6H3;1-2,4-5H;1-5H;1-5H;1H2;. The average Bonchev–Trinajstić information content (AvgIpc) is 3.82. The Kier molecular flexibility index (Phi) is 8.80. The van der Waals surface area contributed by atoms with Gasteiger partial charge in [-0.25, -0.2) is 0 Å². The molecule has 0 aliphatic heterocycles. The summed E-state index contributed by atoms with van der Waals surface area (Å²) in [6, 6.07) is 52.3. The predicted octanol–water partition coefficient (Wildman–Crippen LogP) is 13.0. The molecule has 2 aliphatic carbocycles. The summed E-state index contributed by atoms with van der Waals surface area (Å²) in [7, 11) is 0. The molecule has 0 fully saturated rings. The molecule has 0 bridgehead atoms. The van der Waals surface area contributed by atoms with Crippen LogP contribution in [0.25, 0.3) is 33.4 Å². The zero-order valence-electron chi connectivity index (χ0n) is 31.8. The molecule has 0 nitrogen and oxygen atoms in total. The monoisotopic (exact) mass is 786 g/mol. The molecule has 0 heterocycles. The van der Waals surface area contributed by atoms with E-state index in [1.807, 2.05) is 6.07 Å². The maximum atomic E-state index is 7.04. The number of hydrogen-bond donors (Lipinski definition) is 0. The van der Waals surface area contributed by atoms with E-state index in [-0.39, 0.29) is 18.1 Å². The number of fused-ring (bicyclic) bond motifs is 3. The Balaban J connectivity index is 1.61. The number of benzene rings is 6. The van der Waals surface area contributed by atoms with Crippen molar-refractivity contribution >= 4 is 22.4 Å². The van der Waals surface area contributed by atoms with Crippen molar-refractivity contribution in [1.29, 1.82) is 0 Å².